The van der Waals surface area contributed by atoms with E-state index in [0.29, 0.717) is 22.8 Å². The molecule has 0 fully saturated rings. The largest absolute Gasteiger partial charge is 0.309 e. The molecule has 0 atom stereocenters. The molecular formula is C21H25ClFN3OS. The van der Waals surface area contributed by atoms with Crippen LogP contribution in [0.4, 0.5) is 9.52 Å². The molecule has 1 amide bonds. The SMILES string of the molecule is Cc1ccc(C(=O)N(CCCN(C)C)c2nc3ccc(F)cc3s2)cc1C.Cl. The van der Waals surface area contributed by atoms with Gasteiger partial charge in [-0.05, 0) is 82.4 Å². The normalized spacial score (nSPS) is 10.9. The van der Waals surface area contributed by atoms with Crippen LogP contribution in [0.1, 0.15) is 27.9 Å². The first-order valence-corrected chi connectivity index (χ1v) is 9.77. The summed E-state index contributed by atoms with van der Waals surface area (Å²) in [7, 11) is 4.02. The number of fused-ring (bicyclic) bond motifs is 1. The summed E-state index contributed by atoms with van der Waals surface area (Å²) in [5, 5.41) is 0.609. The molecule has 4 nitrogen and oxygen atoms in total. The van der Waals surface area contributed by atoms with Gasteiger partial charge < -0.3 is 4.90 Å². The number of aromatic nitrogens is 1. The number of thiazole rings is 1. The lowest BCUT2D eigenvalue weighted by Gasteiger charge is -2.21. The third-order valence-electron chi connectivity index (χ3n) is 4.56. The van der Waals surface area contributed by atoms with Gasteiger partial charge >= 0.3 is 0 Å². The highest BCUT2D eigenvalue weighted by Gasteiger charge is 2.21. The fourth-order valence-corrected chi connectivity index (χ4v) is 3.88. The van der Waals surface area contributed by atoms with E-state index in [2.05, 4.69) is 9.88 Å². The van der Waals surface area contributed by atoms with Crippen molar-refractivity contribution in [2.75, 3.05) is 32.1 Å². The van der Waals surface area contributed by atoms with Gasteiger partial charge in [0.2, 0.25) is 0 Å². The number of hydrogen-bond acceptors (Lipinski definition) is 4. The second-order valence-corrected chi connectivity index (χ2v) is 8.03. The van der Waals surface area contributed by atoms with Crippen molar-refractivity contribution in [2.24, 2.45) is 0 Å². The molecule has 0 saturated heterocycles. The molecule has 150 valence electrons. The minimum Gasteiger partial charge on any atom is -0.309 e. The Hall–Kier alpha value is -2.02. The van der Waals surface area contributed by atoms with Crippen LogP contribution < -0.4 is 4.90 Å². The summed E-state index contributed by atoms with van der Waals surface area (Å²) < 4.78 is 14.3. The first-order valence-electron chi connectivity index (χ1n) is 8.95. The smallest absolute Gasteiger partial charge is 0.260 e. The number of carbonyl (C=O) groups excluding carboxylic acids is 1. The number of anilines is 1. The predicted molar refractivity (Wildman–Crippen MR) is 118 cm³/mol. The number of rotatable bonds is 6. The highest BCUT2D eigenvalue weighted by molar-refractivity contribution is 7.22. The lowest BCUT2D eigenvalue weighted by Crippen LogP contribution is -2.33. The number of halogens is 2. The molecule has 7 heteroatoms. The van der Waals surface area contributed by atoms with Crippen LogP contribution in [-0.4, -0.2) is 43.0 Å². The van der Waals surface area contributed by atoms with Gasteiger partial charge in [0.1, 0.15) is 5.82 Å². The van der Waals surface area contributed by atoms with E-state index in [9.17, 15) is 9.18 Å². The summed E-state index contributed by atoms with van der Waals surface area (Å²) in [5.41, 5.74) is 3.59. The van der Waals surface area contributed by atoms with E-state index in [1.54, 1.807) is 11.0 Å². The molecule has 0 spiro atoms. The molecule has 0 unspecified atom stereocenters. The van der Waals surface area contributed by atoms with Gasteiger partial charge in [-0.1, -0.05) is 17.4 Å². The zero-order chi connectivity index (χ0) is 19.6. The highest BCUT2D eigenvalue weighted by Crippen LogP contribution is 2.30. The molecular weight excluding hydrogens is 397 g/mol. The fraction of sp³-hybridized carbons (Fsp3) is 0.333. The van der Waals surface area contributed by atoms with Crippen LogP contribution in [0.2, 0.25) is 0 Å². The number of nitrogens with zero attached hydrogens (tertiary/aromatic N) is 3. The van der Waals surface area contributed by atoms with Crippen LogP contribution in [0.25, 0.3) is 10.2 Å². The minimum atomic E-state index is -0.294. The monoisotopic (exact) mass is 421 g/mol. The van der Waals surface area contributed by atoms with E-state index in [0.717, 1.165) is 28.8 Å². The quantitative estimate of drug-likeness (QED) is 0.557. The third-order valence-corrected chi connectivity index (χ3v) is 5.60. The number of carbonyl (C=O) groups is 1. The molecule has 0 aliphatic rings. The molecule has 0 saturated carbocycles. The lowest BCUT2D eigenvalue weighted by molar-refractivity contribution is 0.0986. The van der Waals surface area contributed by atoms with Crippen LogP contribution in [0.3, 0.4) is 0 Å². The van der Waals surface area contributed by atoms with Crippen LogP contribution in [0, 0.1) is 19.7 Å². The topological polar surface area (TPSA) is 36.4 Å². The Morgan fingerprint density at radius 3 is 2.50 bits per heavy atom. The second kappa shape index (κ2) is 9.45. The molecule has 0 aliphatic heterocycles. The second-order valence-electron chi connectivity index (χ2n) is 7.02. The Bertz CT molecular complexity index is 973. The Morgan fingerprint density at radius 2 is 1.82 bits per heavy atom. The van der Waals surface area contributed by atoms with Gasteiger partial charge in [-0.3, -0.25) is 9.69 Å². The Morgan fingerprint density at radius 1 is 1.07 bits per heavy atom. The average Bonchev–Trinajstić information content (AvgIpc) is 3.03. The van der Waals surface area contributed by atoms with Crippen LogP contribution in [0.5, 0.6) is 0 Å². The zero-order valence-corrected chi connectivity index (χ0v) is 18.2. The van der Waals surface area contributed by atoms with E-state index < -0.39 is 0 Å². The maximum atomic E-state index is 13.5. The molecule has 0 aliphatic carbocycles. The maximum absolute atomic E-state index is 13.5. The molecule has 3 rings (SSSR count). The van der Waals surface area contributed by atoms with E-state index in [-0.39, 0.29) is 24.1 Å². The molecule has 1 heterocycles. The predicted octanol–water partition coefficient (Wildman–Crippen LogP) is 5.07. The van der Waals surface area contributed by atoms with E-state index in [4.69, 9.17) is 0 Å². The summed E-state index contributed by atoms with van der Waals surface area (Å²) in [4.78, 5) is 21.6. The van der Waals surface area contributed by atoms with Crippen molar-refractivity contribution in [3.05, 3.63) is 58.9 Å². The van der Waals surface area contributed by atoms with Gasteiger partial charge in [0.15, 0.2) is 5.13 Å². The molecule has 0 N–H and O–H groups in total. The van der Waals surface area contributed by atoms with Gasteiger partial charge in [-0.25, -0.2) is 9.37 Å². The van der Waals surface area contributed by atoms with Crippen molar-refractivity contribution in [3.8, 4) is 0 Å². The van der Waals surface area contributed by atoms with Crippen molar-refractivity contribution in [3.63, 3.8) is 0 Å². The van der Waals surface area contributed by atoms with Crippen LogP contribution in [0.15, 0.2) is 36.4 Å². The number of hydrogen-bond donors (Lipinski definition) is 0. The number of benzene rings is 2. The van der Waals surface area contributed by atoms with Crippen LogP contribution >= 0.6 is 23.7 Å². The van der Waals surface area contributed by atoms with Crippen LogP contribution in [-0.2, 0) is 0 Å². The maximum Gasteiger partial charge on any atom is 0.260 e. The molecule has 1 aromatic heterocycles. The first-order chi connectivity index (χ1) is 12.8. The third kappa shape index (κ3) is 5.07. The minimum absolute atomic E-state index is 0. The highest BCUT2D eigenvalue weighted by atomic mass is 35.5. The molecule has 3 aromatic rings. The summed E-state index contributed by atoms with van der Waals surface area (Å²) in [6, 6.07) is 10.3. The zero-order valence-electron chi connectivity index (χ0n) is 16.5. The summed E-state index contributed by atoms with van der Waals surface area (Å²) >= 11 is 1.35. The fourth-order valence-electron chi connectivity index (χ4n) is 2.86. The summed E-state index contributed by atoms with van der Waals surface area (Å²) in [6.45, 7) is 5.46. The Kier molecular flexibility index (Phi) is 7.52. The van der Waals surface area contributed by atoms with Gasteiger partial charge in [-0.2, -0.15) is 0 Å². The van der Waals surface area contributed by atoms with Gasteiger partial charge in [0, 0.05) is 12.1 Å². The van der Waals surface area contributed by atoms with Gasteiger partial charge in [-0.15, -0.1) is 12.4 Å². The lowest BCUT2D eigenvalue weighted by atomic mass is 10.1. The Labute approximate surface area is 175 Å². The van der Waals surface area contributed by atoms with Crippen molar-refractivity contribution >= 4 is 45.0 Å². The summed E-state index contributed by atoms with van der Waals surface area (Å²) in [5.74, 6) is -0.367. The number of amides is 1. The first kappa shape index (κ1) is 22.3. The van der Waals surface area contributed by atoms with E-state index in [1.165, 1.54) is 23.5 Å². The number of aryl methyl sites for hydroxylation is 2. The summed E-state index contributed by atoms with van der Waals surface area (Å²) in [6.07, 6.45) is 0.827. The Balaban J connectivity index is 0.00000280. The standard InChI is InChI=1S/C21H24FN3OS.ClH/c1-14-6-7-16(12-15(14)2)20(26)25(11-5-10-24(3)4)21-23-18-9-8-17(22)13-19(18)27-21;/h6-9,12-13H,5,10-11H2,1-4H3;1H. The molecule has 28 heavy (non-hydrogen) atoms. The average molecular weight is 422 g/mol. The van der Waals surface area contributed by atoms with Gasteiger partial charge in [0.25, 0.3) is 5.91 Å². The van der Waals surface area contributed by atoms with Crippen molar-refractivity contribution in [1.29, 1.82) is 0 Å². The molecule has 2 aromatic carbocycles. The van der Waals surface area contributed by atoms with E-state index >= 15 is 0 Å². The van der Waals surface area contributed by atoms with Crippen molar-refractivity contribution in [2.45, 2.75) is 20.3 Å². The van der Waals surface area contributed by atoms with Crippen molar-refractivity contribution in [1.82, 2.24) is 9.88 Å². The van der Waals surface area contributed by atoms with E-state index in [1.807, 2.05) is 46.1 Å². The van der Waals surface area contributed by atoms with Gasteiger partial charge in [0.05, 0.1) is 10.2 Å². The van der Waals surface area contributed by atoms with Crippen molar-refractivity contribution < 1.29 is 9.18 Å². The molecule has 0 bridgehead atoms. The molecule has 0 radical (unpaired) electrons.